The molecule has 4 rings (SSSR count). The summed E-state index contributed by atoms with van der Waals surface area (Å²) in [6.45, 7) is 0. The van der Waals surface area contributed by atoms with Crippen LogP contribution in [0.3, 0.4) is 0 Å². The molecule has 0 bridgehead atoms. The van der Waals surface area contributed by atoms with Crippen LogP contribution < -0.4 is 0 Å². The predicted molar refractivity (Wildman–Crippen MR) is 83.3 cm³/mol. The van der Waals surface area contributed by atoms with Crippen molar-refractivity contribution in [2.45, 2.75) is 0 Å². The van der Waals surface area contributed by atoms with Crippen molar-refractivity contribution in [1.82, 2.24) is 4.98 Å². The summed E-state index contributed by atoms with van der Waals surface area (Å²) in [6, 6.07) is 18.5. The van der Waals surface area contributed by atoms with Gasteiger partial charge in [-0.1, -0.05) is 24.3 Å². The Bertz CT molecular complexity index is 1010. The van der Waals surface area contributed by atoms with E-state index in [2.05, 4.69) is 4.98 Å². The minimum Gasteiger partial charge on any atom is -0.507 e. The average Bonchev–Trinajstić information content (AvgIpc) is 2.95. The zero-order valence-corrected chi connectivity index (χ0v) is 11.4. The van der Waals surface area contributed by atoms with E-state index in [1.807, 2.05) is 42.5 Å². The second kappa shape index (κ2) is 4.61. The zero-order valence-electron chi connectivity index (χ0n) is 11.4. The Kier molecular flexibility index (Phi) is 2.60. The monoisotopic (exact) mass is 286 g/mol. The van der Waals surface area contributed by atoms with Gasteiger partial charge in [0, 0.05) is 0 Å². The lowest BCUT2D eigenvalue weighted by Crippen LogP contribution is -1.81. The van der Waals surface area contributed by atoms with Crippen LogP contribution in [0.25, 0.3) is 33.3 Å². The van der Waals surface area contributed by atoms with Gasteiger partial charge in [-0.15, -0.1) is 0 Å². The molecule has 0 saturated heterocycles. The van der Waals surface area contributed by atoms with Crippen molar-refractivity contribution in [3.63, 3.8) is 0 Å². The van der Waals surface area contributed by atoms with Gasteiger partial charge in [0.25, 0.3) is 0 Å². The van der Waals surface area contributed by atoms with E-state index in [9.17, 15) is 5.11 Å². The molecule has 3 aromatic carbocycles. The molecule has 0 aliphatic carbocycles. The quantitative estimate of drug-likeness (QED) is 0.568. The molecule has 0 aliphatic heterocycles. The van der Waals surface area contributed by atoms with Gasteiger partial charge in [-0.3, -0.25) is 0 Å². The van der Waals surface area contributed by atoms with Gasteiger partial charge in [0.15, 0.2) is 5.58 Å². The standard InChI is InChI=1S/C18H10N2O2/c19-10-11-5-6-16(21)14(7-11)18-20-15-8-12-3-1-2-4-13(12)9-17(15)22-18/h1-9,21H. The fourth-order valence-electron chi connectivity index (χ4n) is 2.50. The van der Waals surface area contributed by atoms with E-state index in [1.54, 1.807) is 12.1 Å². The van der Waals surface area contributed by atoms with Gasteiger partial charge in [0.05, 0.1) is 17.2 Å². The summed E-state index contributed by atoms with van der Waals surface area (Å²) >= 11 is 0. The van der Waals surface area contributed by atoms with E-state index in [1.165, 1.54) is 6.07 Å². The number of nitrogens with zero attached hydrogens (tertiary/aromatic N) is 2. The molecule has 0 saturated carbocycles. The minimum absolute atomic E-state index is 0.0371. The molecule has 1 heterocycles. The molecule has 0 spiro atoms. The number of aromatic nitrogens is 1. The van der Waals surface area contributed by atoms with Crippen molar-refractivity contribution >= 4 is 21.9 Å². The second-order valence-corrected chi connectivity index (χ2v) is 5.03. The number of aromatic hydroxyl groups is 1. The summed E-state index contributed by atoms with van der Waals surface area (Å²) in [4.78, 5) is 4.43. The highest BCUT2D eigenvalue weighted by atomic mass is 16.3. The molecular weight excluding hydrogens is 276 g/mol. The van der Waals surface area contributed by atoms with Crippen LogP contribution in [0, 0.1) is 11.3 Å². The molecule has 0 radical (unpaired) electrons. The number of nitriles is 1. The fourth-order valence-corrected chi connectivity index (χ4v) is 2.50. The maximum atomic E-state index is 9.99. The van der Waals surface area contributed by atoms with E-state index in [-0.39, 0.29) is 5.75 Å². The predicted octanol–water partition coefficient (Wildman–Crippen LogP) is 4.23. The summed E-state index contributed by atoms with van der Waals surface area (Å²) in [7, 11) is 0. The average molecular weight is 286 g/mol. The summed E-state index contributed by atoms with van der Waals surface area (Å²) in [5.74, 6) is 0.343. The van der Waals surface area contributed by atoms with Gasteiger partial charge in [0.2, 0.25) is 5.89 Å². The van der Waals surface area contributed by atoms with Crippen molar-refractivity contribution in [3.8, 4) is 23.3 Å². The first-order valence-electron chi connectivity index (χ1n) is 6.77. The lowest BCUT2D eigenvalue weighted by Gasteiger charge is -1.99. The number of oxazole rings is 1. The number of hydrogen-bond donors (Lipinski definition) is 1. The van der Waals surface area contributed by atoms with Crippen LogP contribution in [0.2, 0.25) is 0 Å². The second-order valence-electron chi connectivity index (χ2n) is 5.03. The highest BCUT2D eigenvalue weighted by Crippen LogP contribution is 2.33. The molecular formula is C18H10N2O2. The summed E-state index contributed by atoms with van der Waals surface area (Å²) < 4.78 is 5.76. The highest BCUT2D eigenvalue weighted by molar-refractivity contribution is 5.95. The van der Waals surface area contributed by atoms with E-state index in [0.717, 1.165) is 16.3 Å². The summed E-state index contributed by atoms with van der Waals surface area (Å²) in [5.41, 5.74) is 2.23. The number of benzene rings is 3. The third-order valence-electron chi connectivity index (χ3n) is 3.61. The third-order valence-corrected chi connectivity index (χ3v) is 3.61. The van der Waals surface area contributed by atoms with Gasteiger partial charge in [-0.05, 0) is 41.1 Å². The highest BCUT2D eigenvalue weighted by Gasteiger charge is 2.13. The molecule has 0 aliphatic rings. The maximum absolute atomic E-state index is 9.99. The van der Waals surface area contributed by atoms with Crippen molar-refractivity contribution in [1.29, 1.82) is 5.26 Å². The zero-order chi connectivity index (χ0) is 15.1. The topological polar surface area (TPSA) is 70.0 Å². The van der Waals surface area contributed by atoms with Crippen molar-refractivity contribution < 1.29 is 9.52 Å². The minimum atomic E-state index is 0.0371. The Balaban J connectivity index is 1.96. The molecule has 4 nitrogen and oxygen atoms in total. The third kappa shape index (κ3) is 1.88. The molecule has 0 fully saturated rings. The van der Waals surface area contributed by atoms with E-state index >= 15 is 0 Å². The fraction of sp³-hybridized carbons (Fsp3) is 0. The van der Waals surface area contributed by atoms with Gasteiger partial charge >= 0.3 is 0 Å². The normalized spacial score (nSPS) is 10.9. The lowest BCUT2D eigenvalue weighted by molar-refractivity contribution is 0.474. The van der Waals surface area contributed by atoms with Crippen LogP contribution in [-0.4, -0.2) is 10.1 Å². The molecule has 104 valence electrons. The number of phenolic OH excluding ortho intramolecular Hbond substituents is 1. The number of rotatable bonds is 1. The van der Waals surface area contributed by atoms with Crippen LogP contribution in [0.1, 0.15) is 5.56 Å². The van der Waals surface area contributed by atoms with Crippen molar-refractivity contribution in [3.05, 3.63) is 60.2 Å². The Hall–Kier alpha value is -3.32. The Labute approximate surface area is 125 Å². The first kappa shape index (κ1) is 12.4. The van der Waals surface area contributed by atoms with Crippen LogP contribution in [-0.2, 0) is 0 Å². The first-order valence-corrected chi connectivity index (χ1v) is 6.77. The van der Waals surface area contributed by atoms with Gasteiger partial charge in [0.1, 0.15) is 11.3 Å². The van der Waals surface area contributed by atoms with Crippen molar-refractivity contribution in [2.24, 2.45) is 0 Å². The van der Waals surface area contributed by atoms with Crippen LogP contribution in [0.15, 0.2) is 59.0 Å². The van der Waals surface area contributed by atoms with E-state index in [4.69, 9.17) is 9.68 Å². The molecule has 0 amide bonds. The van der Waals surface area contributed by atoms with Crippen LogP contribution in [0.5, 0.6) is 5.75 Å². The number of fused-ring (bicyclic) bond motifs is 2. The van der Waals surface area contributed by atoms with Gasteiger partial charge in [-0.2, -0.15) is 5.26 Å². The molecule has 4 aromatic rings. The maximum Gasteiger partial charge on any atom is 0.231 e. The van der Waals surface area contributed by atoms with Crippen LogP contribution >= 0.6 is 0 Å². The number of phenols is 1. The summed E-state index contributed by atoms with van der Waals surface area (Å²) in [5, 5.41) is 21.1. The summed E-state index contributed by atoms with van der Waals surface area (Å²) in [6.07, 6.45) is 0. The van der Waals surface area contributed by atoms with Gasteiger partial charge < -0.3 is 9.52 Å². The van der Waals surface area contributed by atoms with E-state index < -0.39 is 0 Å². The Morgan fingerprint density at radius 2 is 1.77 bits per heavy atom. The van der Waals surface area contributed by atoms with Gasteiger partial charge in [-0.25, -0.2) is 4.98 Å². The lowest BCUT2D eigenvalue weighted by atomic mass is 10.1. The van der Waals surface area contributed by atoms with Crippen LogP contribution in [0.4, 0.5) is 0 Å². The Morgan fingerprint density at radius 1 is 1.00 bits per heavy atom. The Morgan fingerprint density at radius 3 is 2.55 bits per heavy atom. The molecule has 0 unspecified atom stereocenters. The molecule has 1 aromatic heterocycles. The molecule has 1 N–H and O–H groups in total. The molecule has 0 atom stereocenters. The SMILES string of the molecule is N#Cc1ccc(O)c(-c2nc3cc4ccccc4cc3o2)c1. The molecule has 4 heteroatoms. The van der Waals surface area contributed by atoms with E-state index in [0.29, 0.717) is 22.6 Å². The number of hydrogen-bond acceptors (Lipinski definition) is 4. The largest absolute Gasteiger partial charge is 0.507 e. The smallest absolute Gasteiger partial charge is 0.231 e. The molecule has 22 heavy (non-hydrogen) atoms. The van der Waals surface area contributed by atoms with Crippen molar-refractivity contribution in [2.75, 3.05) is 0 Å². The first-order chi connectivity index (χ1) is 10.7.